The number of β-amino-alcohol motifs (C(OH)–C–C–N with tert-alkyl or cyclic N) is 1. The molecule has 0 aliphatic carbocycles. The molecule has 0 bridgehead atoms. The van der Waals surface area contributed by atoms with Crippen LogP contribution in [0.25, 0.3) is 10.2 Å². The molecule has 142 valence electrons. The summed E-state index contributed by atoms with van der Waals surface area (Å²) in [6.07, 6.45) is 1.39. The van der Waals surface area contributed by atoms with Gasteiger partial charge in [0.25, 0.3) is 5.56 Å². The highest BCUT2D eigenvalue weighted by molar-refractivity contribution is 7.20. The van der Waals surface area contributed by atoms with Crippen LogP contribution in [0.15, 0.2) is 4.79 Å². The Labute approximate surface area is 154 Å². The van der Waals surface area contributed by atoms with Gasteiger partial charge in [-0.15, -0.1) is 11.3 Å². The minimum absolute atomic E-state index is 0.162. The van der Waals surface area contributed by atoms with Crippen LogP contribution in [0.2, 0.25) is 0 Å². The lowest BCUT2D eigenvalue weighted by Crippen LogP contribution is -2.38. The number of rotatable bonds is 6. The van der Waals surface area contributed by atoms with Gasteiger partial charge in [0.1, 0.15) is 22.1 Å². The molecule has 8 nitrogen and oxygen atoms in total. The van der Waals surface area contributed by atoms with Crippen molar-refractivity contribution in [2.45, 2.75) is 32.4 Å². The van der Waals surface area contributed by atoms with Crippen molar-refractivity contribution in [2.24, 2.45) is 0 Å². The van der Waals surface area contributed by atoms with Crippen molar-refractivity contribution in [3.05, 3.63) is 26.6 Å². The van der Waals surface area contributed by atoms with Gasteiger partial charge in [-0.1, -0.05) is 0 Å². The number of H-pyrrole nitrogens is 1. The summed E-state index contributed by atoms with van der Waals surface area (Å²) >= 11 is 1.17. The van der Waals surface area contributed by atoms with E-state index in [2.05, 4.69) is 14.9 Å². The number of aliphatic hydroxyl groups excluding tert-OH is 1. The Balaban J connectivity index is 1.84. The summed E-state index contributed by atoms with van der Waals surface area (Å²) < 4.78 is 10.0. The van der Waals surface area contributed by atoms with Gasteiger partial charge in [0.15, 0.2) is 0 Å². The zero-order chi connectivity index (χ0) is 18.7. The summed E-state index contributed by atoms with van der Waals surface area (Å²) in [5.74, 6) is 0.0693. The third kappa shape index (κ3) is 4.12. The van der Waals surface area contributed by atoms with Crippen LogP contribution >= 0.6 is 11.3 Å². The van der Waals surface area contributed by atoms with Gasteiger partial charge in [-0.25, -0.2) is 9.78 Å². The molecular weight excluding hydrogens is 358 g/mol. The predicted molar refractivity (Wildman–Crippen MR) is 97.7 cm³/mol. The molecule has 0 amide bonds. The van der Waals surface area contributed by atoms with E-state index in [1.165, 1.54) is 18.4 Å². The van der Waals surface area contributed by atoms with Crippen molar-refractivity contribution in [2.75, 3.05) is 33.4 Å². The second-order valence-corrected chi connectivity index (χ2v) is 7.41. The average Bonchev–Trinajstić information content (AvgIpc) is 2.92. The van der Waals surface area contributed by atoms with E-state index in [4.69, 9.17) is 9.47 Å². The quantitative estimate of drug-likeness (QED) is 0.569. The minimum Gasteiger partial charge on any atom is -0.459 e. The molecule has 0 saturated carbocycles. The van der Waals surface area contributed by atoms with Gasteiger partial charge in [-0.3, -0.25) is 9.69 Å². The number of piperidine rings is 1. The third-order valence-electron chi connectivity index (χ3n) is 4.41. The van der Waals surface area contributed by atoms with Crippen LogP contribution in [0.3, 0.4) is 0 Å². The first-order valence-electron chi connectivity index (χ1n) is 8.58. The largest absolute Gasteiger partial charge is 0.459 e. The lowest BCUT2D eigenvalue weighted by atomic mass is 10.1. The Morgan fingerprint density at radius 2 is 2.27 bits per heavy atom. The van der Waals surface area contributed by atoms with Crippen LogP contribution in [-0.2, 0) is 16.0 Å². The number of nitrogens with zero attached hydrogens (tertiary/aromatic N) is 2. The number of aromatic amines is 1. The van der Waals surface area contributed by atoms with E-state index in [-0.39, 0.29) is 18.3 Å². The minimum atomic E-state index is -0.470. The number of carbonyl (C=O) groups is 1. The monoisotopic (exact) mass is 381 g/mol. The molecule has 1 atom stereocenters. The van der Waals surface area contributed by atoms with Gasteiger partial charge in [0.2, 0.25) is 0 Å². The van der Waals surface area contributed by atoms with Gasteiger partial charge in [-0.2, -0.15) is 0 Å². The molecular formula is C17H23N3O5S. The molecule has 0 radical (unpaired) electrons. The van der Waals surface area contributed by atoms with Crippen molar-refractivity contribution in [1.82, 2.24) is 14.9 Å². The van der Waals surface area contributed by atoms with Gasteiger partial charge in [-0.05, 0) is 31.9 Å². The summed E-state index contributed by atoms with van der Waals surface area (Å²) in [6.45, 7) is 4.10. The molecule has 3 heterocycles. The summed E-state index contributed by atoms with van der Waals surface area (Å²) in [5, 5.41) is 10.2. The summed E-state index contributed by atoms with van der Waals surface area (Å²) in [4.78, 5) is 35.0. The molecule has 26 heavy (non-hydrogen) atoms. The standard InChI is InChI=1S/C17H23N3O5S/c1-10-13-15(22)18-12(9-20-5-3-4-11(21)8-20)19-16(13)26-14(10)17(23)25-7-6-24-2/h11,21H,3-9H2,1-2H3,(H,18,19,22). The normalized spacial score (nSPS) is 18.3. The van der Waals surface area contributed by atoms with E-state index >= 15 is 0 Å². The van der Waals surface area contributed by atoms with E-state index in [9.17, 15) is 14.7 Å². The predicted octanol–water partition coefficient (Wildman–Crippen LogP) is 1.05. The number of esters is 1. The summed E-state index contributed by atoms with van der Waals surface area (Å²) in [5.41, 5.74) is 0.327. The Bertz CT molecular complexity index is 847. The maximum Gasteiger partial charge on any atom is 0.348 e. The van der Waals surface area contributed by atoms with Crippen molar-refractivity contribution in [3.8, 4) is 0 Å². The number of hydrogen-bond acceptors (Lipinski definition) is 8. The highest BCUT2D eigenvalue weighted by Gasteiger charge is 2.22. The molecule has 1 aliphatic heterocycles. The number of carbonyl (C=O) groups excluding carboxylic acids is 1. The number of aromatic nitrogens is 2. The molecule has 2 N–H and O–H groups in total. The van der Waals surface area contributed by atoms with Gasteiger partial charge >= 0.3 is 5.97 Å². The van der Waals surface area contributed by atoms with E-state index in [1.54, 1.807) is 6.92 Å². The Morgan fingerprint density at radius 3 is 3.00 bits per heavy atom. The van der Waals surface area contributed by atoms with Crippen LogP contribution in [0.1, 0.15) is 33.9 Å². The van der Waals surface area contributed by atoms with Gasteiger partial charge in [0.05, 0.1) is 24.6 Å². The average molecular weight is 381 g/mol. The molecule has 3 rings (SSSR count). The number of aryl methyl sites for hydroxylation is 1. The second-order valence-electron chi connectivity index (χ2n) is 6.41. The van der Waals surface area contributed by atoms with E-state index in [0.717, 1.165) is 19.4 Å². The summed E-state index contributed by atoms with van der Waals surface area (Å²) in [7, 11) is 1.53. The molecule has 1 fully saturated rings. The number of nitrogens with one attached hydrogen (secondary N) is 1. The fourth-order valence-corrected chi connectivity index (χ4v) is 4.22. The fourth-order valence-electron chi connectivity index (χ4n) is 3.13. The van der Waals surface area contributed by atoms with Crippen molar-refractivity contribution >= 4 is 27.5 Å². The molecule has 0 spiro atoms. The maximum absolute atomic E-state index is 12.5. The number of likely N-dealkylation sites (tertiary alicyclic amines) is 1. The highest BCUT2D eigenvalue weighted by atomic mass is 32.1. The number of methoxy groups -OCH3 is 1. The first-order chi connectivity index (χ1) is 12.5. The molecule has 1 saturated heterocycles. The molecule has 2 aromatic rings. The molecule has 0 aromatic carbocycles. The van der Waals surface area contributed by atoms with E-state index < -0.39 is 5.97 Å². The molecule has 9 heteroatoms. The SMILES string of the molecule is COCCOC(=O)c1sc2nc(CN3CCCC(O)C3)[nH]c(=O)c2c1C. The topological polar surface area (TPSA) is 105 Å². The highest BCUT2D eigenvalue weighted by Crippen LogP contribution is 2.27. The zero-order valence-corrected chi connectivity index (χ0v) is 15.7. The van der Waals surface area contributed by atoms with Crippen LogP contribution in [0.4, 0.5) is 0 Å². The summed E-state index contributed by atoms with van der Waals surface area (Å²) in [6, 6.07) is 0. The van der Waals surface area contributed by atoms with E-state index in [0.29, 0.717) is 46.2 Å². The van der Waals surface area contributed by atoms with Crippen LogP contribution < -0.4 is 5.56 Å². The van der Waals surface area contributed by atoms with Crippen LogP contribution in [0.5, 0.6) is 0 Å². The zero-order valence-electron chi connectivity index (χ0n) is 14.9. The second kappa shape index (κ2) is 8.26. The molecule has 1 aliphatic rings. The number of fused-ring (bicyclic) bond motifs is 1. The number of thiophene rings is 1. The van der Waals surface area contributed by atoms with Crippen molar-refractivity contribution in [3.63, 3.8) is 0 Å². The lowest BCUT2D eigenvalue weighted by Gasteiger charge is -2.29. The Morgan fingerprint density at radius 1 is 1.46 bits per heavy atom. The lowest BCUT2D eigenvalue weighted by molar-refractivity contribution is 0.0393. The van der Waals surface area contributed by atoms with Gasteiger partial charge < -0.3 is 19.6 Å². The first-order valence-corrected chi connectivity index (χ1v) is 9.40. The van der Waals surface area contributed by atoms with E-state index in [1.807, 2.05) is 0 Å². The van der Waals surface area contributed by atoms with Crippen LogP contribution in [-0.4, -0.2) is 65.5 Å². The third-order valence-corrected chi connectivity index (χ3v) is 5.58. The Kier molecular flexibility index (Phi) is 6.02. The fraction of sp³-hybridized carbons (Fsp3) is 0.588. The van der Waals surface area contributed by atoms with Crippen molar-refractivity contribution in [1.29, 1.82) is 0 Å². The number of ether oxygens (including phenoxy) is 2. The molecule has 1 unspecified atom stereocenters. The first kappa shape index (κ1) is 19.0. The molecule has 2 aromatic heterocycles. The number of hydrogen-bond donors (Lipinski definition) is 2. The maximum atomic E-state index is 12.5. The van der Waals surface area contributed by atoms with Crippen molar-refractivity contribution < 1.29 is 19.4 Å². The Hall–Kier alpha value is -1.81. The van der Waals surface area contributed by atoms with Gasteiger partial charge in [0, 0.05) is 13.7 Å². The van der Waals surface area contributed by atoms with Crippen LogP contribution in [0, 0.1) is 6.92 Å². The number of aliphatic hydroxyl groups is 1. The smallest absolute Gasteiger partial charge is 0.348 e.